The second-order valence-corrected chi connectivity index (χ2v) is 5.73. The van der Waals surface area contributed by atoms with E-state index < -0.39 is 6.09 Å². The van der Waals surface area contributed by atoms with Crippen LogP contribution >= 0.6 is 0 Å². The fraction of sp³-hybridized carbons (Fsp3) is 0.158. The SMILES string of the molecule is [B]c1ccc(-c2cnc([C@H](C)NC(=O)OCc3ccccc3)[nH]2)cc1. The molecular formula is C19H18BN3O2. The Balaban J connectivity index is 1.57. The minimum Gasteiger partial charge on any atom is -0.445 e. The largest absolute Gasteiger partial charge is 0.445 e. The number of carbonyl (C=O) groups is 1. The van der Waals surface area contributed by atoms with Gasteiger partial charge in [0.2, 0.25) is 0 Å². The Morgan fingerprint density at radius 3 is 2.64 bits per heavy atom. The van der Waals surface area contributed by atoms with Gasteiger partial charge in [0, 0.05) is 0 Å². The summed E-state index contributed by atoms with van der Waals surface area (Å²) in [5.74, 6) is 0.656. The number of rotatable bonds is 5. The van der Waals surface area contributed by atoms with Gasteiger partial charge >= 0.3 is 6.09 Å². The molecule has 2 aromatic carbocycles. The lowest BCUT2D eigenvalue weighted by atomic mass is 9.95. The molecule has 0 aliphatic heterocycles. The van der Waals surface area contributed by atoms with Crippen molar-refractivity contribution >= 4 is 19.4 Å². The van der Waals surface area contributed by atoms with Gasteiger partial charge in [-0.2, -0.15) is 0 Å². The van der Waals surface area contributed by atoms with Crippen molar-refractivity contribution in [1.82, 2.24) is 15.3 Å². The van der Waals surface area contributed by atoms with E-state index in [0.717, 1.165) is 16.8 Å². The molecule has 0 spiro atoms. The highest BCUT2D eigenvalue weighted by molar-refractivity contribution is 6.32. The Bertz CT molecular complexity index is 831. The van der Waals surface area contributed by atoms with E-state index in [4.69, 9.17) is 12.6 Å². The molecule has 0 fully saturated rings. The molecule has 3 rings (SSSR count). The highest BCUT2D eigenvalue weighted by Crippen LogP contribution is 2.18. The van der Waals surface area contributed by atoms with Crippen LogP contribution in [0.1, 0.15) is 24.4 Å². The lowest BCUT2D eigenvalue weighted by Crippen LogP contribution is -2.27. The van der Waals surface area contributed by atoms with E-state index >= 15 is 0 Å². The monoisotopic (exact) mass is 331 g/mol. The summed E-state index contributed by atoms with van der Waals surface area (Å²) in [5, 5.41) is 2.77. The van der Waals surface area contributed by atoms with Crippen molar-refractivity contribution in [1.29, 1.82) is 0 Å². The first-order chi connectivity index (χ1) is 12.1. The zero-order valence-corrected chi connectivity index (χ0v) is 13.9. The molecule has 5 nitrogen and oxygen atoms in total. The van der Waals surface area contributed by atoms with E-state index in [1.54, 1.807) is 6.20 Å². The number of carbonyl (C=O) groups excluding carboxylic acids is 1. The number of nitrogens with one attached hydrogen (secondary N) is 2. The fourth-order valence-electron chi connectivity index (χ4n) is 2.38. The van der Waals surface area contributed by atoms with Crippen LogP contribution in [0.3, 0.4) is 0 Å². The minimum absolute atomic E-state index is 0.230. The van der Waals surface area contributed by atoms with Gasteiger partial charge in [0.25, 0.3) is 0 Å². The van der Waals surface area contributed by atoms with Crippen LogP contribution in [-0.2, 0) is 11.3 Å². The van der Waals surface area contributed by atoms with E-state index in [1.807, 2.05) is 61.5 Å². The molecule has 0 bridgehead atoms. The fourth-order valence-corrected chi connectivity index (χ4v) is 2.38. The summed E-state index contributed by atoms with van der Waals surface area (Å²) in [6.07, 6.45) is 1.25. The summed E-state index contributed by atoms with van der Waals surface area (Å²) in [7, 11) is 5.70. The average molecular weight is 331 g/mol. The number of H-pyrrole nitrogens is 1. The molecule has 25 heavy (non-hydrogen) atoms. The molecule has 2 N–H and O–H groups in total. The molecule has 0 aliphatic rings. The van der Waals surface area contributed by atoms with Crippen molar-refractivity contribution in [2.24, 2.45) is 0 Å². The molecule has 124 valence electrons. The van der Waals surface area contributed by atoms with Crippen LogP contribution < -0.4 is 10.8 Å². The van der Waals surface area contributed by atoms with Gasteiger partial charge in [0.1, 0.15) is 20.3 Å². The molecule has 1 atom stereocenters. The van der Waals surface area contributed by atoms with Crippen LogP contribution in [0.25, 0.3) is 11.3 Å². The van der Waals surface area contributed by atoms with E-state index in [9.17, 15) is 4.79 Å². The van der Waals surface area contributed by atoms with Crippen molar-refractivity contribution in [3.05, 3.63) is 72.2 Å². The van der Waals surface area contributed by atoms with Crippen LogP contribution in [0.2, 0.25) is 0 Å². The number of nitrogens with zero attached hydrogens (tertiary/aromatic N) is 1. The lowest BCUT2D eigenvalue weighted by Gasteiger charge is -2.12. The highest BCUT2D eigenvalue weighted by Gasteiger charge is 2.14. The number of ether oxygens (including phenoxy) is 1. The van der Waals surface area contributed by atoms with Gasteiger partial charge in [-0.15, -0.1) is 0 Å². The summed E-state index contributed by atoms with van der Waals surface area (Å²) in [5.41, 5.74) is 3.49. The molecule has 1 aromatic heterocycles. The van der Waals surface area contributed by atoms with Crippen LogP contribution in [0.15, 0.2) is 60.8 Å². The number of alkyl carbamates (subject to hydrolysis) is 1. The van der Waals surface area contributed by atoms with Crippen molar-refractivity contribution < 1.29 is 9.53 Å². The number of benzene rings is 2. The summed E-state index contributed by atoms with van der Waals surface area (Å²) < 4.78 is 5.22. The predicted molar refractivity (Wildman–Crippen MR) is 97.6 cm³/mol. The van der Waals surface area contributed by atoms with Crippen LogP contribution in [-0.4, -0.2) is 23.9 Å². The summed E-state index contributed by atoms with van der Waals surface area (Å²) in [6.45, 7) is 2.07. The maximum Gasteiger partial charge on any atom is 0.408 e. The van der Waals surface area contributed by atoms with Gasteiger partial charge < -0.3 is 15.0 Å². The first kappa shape index (κ1) is 16.8. The predicted octanol–water partition coefficient (Wildman–Crippen LogP) is 2.86. The van der Waals surface area contributed by atoms with Gasteiger partial charge in [-0.3, -0.25) is 0 Å². The molecule has 0 saturated heterocycles. The van der Waals surface area contributed by atoms with E-state index in [2.05, 4.69) is 15.3 Å². The maximum absolute atomic E-state index is 11.9. The first-order valence-corrected chi connectivity index (χ1v) is 8.00. The van der Waals surface area contributed by atoms with Gasteiger partial charge in [0.15, 0.2) is 0 Å². The number of amides is 1. The normalized spacial score (nSPS) is 11.7. The summed E-state index contributed by atoms with van der Waals surface area (Å²) >= 11 is 0. The minimum atomic E-state index is -0.484. The van der Waals surface area contributed by atoms with E-state index in [-0.39, 0.29) is 12.6 Å². The lowest BCUT2D eigenvalue weighted by molar-refractivity contribution is 0.136. The number of hydrogen-bond donors (Lipinski definition) is 2. The first-order valence-electron chi connectivity index (χ1n) is 8.00. The standard InChI is InChI=1S/C19H18BN3O2/c1-13(22-19(24)25-12-14-5-3-2-4-6-14)18-21-11-17(23-18)15-7-9-16(20)10-8-15/h2-11,13H,12H2,1H3,(H,21,23)(H,22,24)/t13-/m0/s1. The van der Waals surface area contributed by atoms with E-state index in [0.29, 0.717) is 11.3 Å². The van der Waals surface area contributed by atoms with Crippen molar-refractivity contribution in [3.63, 3.8) is 0 Å². The molecule has 1 amide bonds. The average Bonchev–Trinajstić information content (AvgIpc) is 3.12. The van der Waals surface area contributed by atoms with Crippen LogP contribution in [0.5, 0.6) is 0 Å². The maximum atomic E-state index is 11.9. The quantitative estimate of drug-likeness (QED) is 0.707. The highest BCUT2D eigenvalue weighted by atomic mass is 16.5. The Kier molecular flexibility index (Phi) is 5.19. The summed E-state index contributed by atoms with van der Waals surface area (Å²) in [6, 6.07) is 16.7. The smallest absolute Gasteiger partial charge is 0.408 e. The van der Waals surface area contributed by atoms with Crippen LogP contribution in [0.4, 0.5) is 4.79 Å². The molecule has 3 aromatic rings. The molecule has 0 saturated carbocycles. The van der Waals surface area contributed by atoms with Gasteiger partial charge in [-0.1, -0.05) is 60.1 Å². The number of aromatic amines is 1. The van der Waals surface area contributed by atoms with Crippen LogP contribution in [0, 0.1) is 0 Å². The van der Waals surface area contributed by atoms with Crippen molar-refractivity contribution in [2.45, 2.75) is 19.6 Å². The second-order valence-electron chi connectivity index (χ2n) is 5.73. The Morgan fingerprint density at radius 2 is 1.92 bits per heavy atom. The molecule has 0 aliphatic carbocycles. The van der Waals surface area contributed by atoms with E-state index in [1.165, 1.54) is 0 Å². The number of aromatic nitrogens is 2. The van der Waals surface area contributed by atoms with Crippen molar-refractivity contribution in [2.75, 3.05) is 0 Å². The Hall–Kier alpha value is -3.02. The Morgan fingerprint density at radius 1 is 1.20 bits per heavy atom. The molecule has 6 heteroatoms. The van der Waals surface area contributed by atoms with Gasteiger partial charge in [-0.25, -0.2) is 9.78 Å². The van der Waals surface area contributed by atoms with Gasteiger partial charge in [-0.05, 0) is 18.1 Å². The summed E-state index contributed by atoms with van der Waals surface area (Å²) in [4.78, 5) is 19.5. The Labute approximate surface area is 147 Å². The third kappa shape index (κ3) is 4.50. The number of hydrogen-bond acceptors (Lipinski definition) is 3. The zero-order valence-electron chi connectivity index (χ0n) is 13.9. The molecular weight excluding hydrogens is 313 g/mol. The second kappa shape index (κ2) is 7.70. The molecule has 1 heterocycles. The third-order valence-corrected chi connectivity index (χ3v) is 3.77. The van der Waals surface area contributed by atoms with Crippen molar-refractivity contribution in [3.8, 4) is 11.3 Å². The van der Waals surface area contributed by atoms with Gasteiger partial charge in [0.05, 0.1) is 17.9 Å². The number of imidazole rings is 1. The molecule has 0 unspecified atom stereocenters. The topological polar surface area (TPSA) is 67.0 Å². The molecule has 2 radical (unpaired) electrons. The zero-order chi connectivity index (χ0) is 17.6. The third-order valence-electron chi connectivity index (χ3n) is 3.77.